The number of rotatable bonds is 6. The largest absolute Gasteiger partial charge is 0.379 e. The molecule has 2 heterocycles. The van der Waals surface area contributed by atoms with Crippen molar-refractivity contribution >= 4 is 15.9 Å². The molecule has 7 nitrogen and oxygen atoms in total. The monoisotopic (exact) mass is 327 g/mol. The first-order chi connectivity index (χ1) is 10.4. The molecule has 0 spiro atoms. The maximum Gasteiger partial charge on any atom is 0.224 e. The van der Waals surface area contributed by atoms with Crippen LogP contribution in [0.15, 0.2) is 24.5 Å². The Labute approximate surface area is 130 Å². The number of carbonyl (C=O) groups excluding carboxylic acids is 1. The van der Waals surface area contributed by atoms with E-state index in [1.807, 2.05) is 6.07 Å². The number of nitrogens with one attached hydrogen (secondary N) is 1. The summed E-state index contributed by atoms with van der Waals surface area (Å²) in [6.45, 7) is 0.678. The SMILES string of the molecule is CN(C)S(=O)(=O)C[C@@H]1COC[C@@H]1NC(=O)Cc1cccnc1. The molecule has 1 fully saturated rings. The van der Waals surface area contributed by atoms with Crippen LogP contribution in [0.4, 0.5) is 0 Å². The Bertz CT molecular complexity index is 604. The lowest BCUT2D eigenvalue weighted by Gasteiger charge is -2.21. The zero-order chi connectivity index (χ0) is 16.2. The first-order valence-electron chi connectivity index (χ1n) is 7.04. The van der Waals surface area contributed by atoms with Crippen LogP contribution in [0, 0.1) is 5.92 Å². The van der Waals surface area contributed by atoms with Crippen molar-refractivity contribution < 1.29 is 17.9 Å². The molecule has 2 atom stereocenters. The highest BCUT2D eigenvalue weighted by atomic mass is 32.2. The van der Waals surface area contributed by atoms with E-state index in [0.717, 1.165) is 5.56 Å². The lowest BCUT2D eigenvalue weighted by Crippen LogP contribution is -2.44. The molecule has 1 N–H and O–H groups in total. The van der Waals surface area contributed by atoms with Crippen molar-refractivity contribution in [2.24, 2.45) is 5.92 Å². The lowest BCUT2D eigenvalue weighted by molar-refractivity contribution is -0.121. The van der Waals surface area contributed by atoms with Crippen molar-refractivity contribution in [1.29, 1.82) is 0 Å². The van der Waals surface area contributed by atoms with Gasteiger partial charge in [-0.3, -0.25) is 9.78 Å². The number of nitrogens with zero attached hydrogens (tertiary/aromatic N) is 2. The molecule has 0 aromatic carbocycles. The van der Waals surface area contributed by atoms with Crippen LogP contribution in [-0.4, -0.2) is 62.7 Å². The fraction of sp³-hybridized carbons (Fsp3) is 0.571. The van der Waals surface area contributed by atoms with Gasteiger partial charge < -0.3 is 10.1 Å². The van der Waals surface area contributed by atoms with Crippen molar-refractivity contribution in [3.63, 3.8) is 0 Å². The normalized spacial score (nSPS) is 22.0. The van der Waals surface area contributed by atoms with Crippen LogP contribution in [0.5, 0.6) is 0 Å². The van der Waals surface area contributed by atoms with Crippen LogP contribution in [0.3, 0.4) is 0 Å². The zero-order valence-corrected chi connectivity index (χ0v) is 13.5. The summed E-state index contributed by atoms with van der Waals surface area (Å²) in [5, 5.41) is 2.86. The van der Waals surface area contributed by atoms with Gasteiger partial charge in [0.25, 0.3) is 0 Å². The number of hydrogen-bond donors (Lipinski definition) is 1. The molecule has 0 bridgehead atoms. The van der Waals surface area contributed by atoms with E-state index in [-0.39, 0.29) is 30.0 Å². The third kappa shape index (κ3) is 4.49. The van der Waals surface area contributed by atoms with Crippen LogP contribution in [0.1, 0.15) is 5.56 Å². The highest BCUT2D eigenvalue weighted by molar-refractivity contribution is 7.89. The van der Waals surface area contributed by atoms with Gasteiger partial charge in [-0.2, -0.15) is 0 Å². The minimum atomic E-state index is -3.32. The summed E-state index contributed by atoms with van der Waals surface area (Å²) >= 11 is 0. The second kappa shape index (κ2) is 7.17. The van der Waals surface area contributed by atoms with E-state index >= 15 is 0 Å². The minimum Gasteiger partial charge on any atom is -0.379 e. The molecule has 0 saturated carbocycles. The van der Waals surface area contributed by atoms with E-state index in [9.17, 15) is 13.2 Å². The number of ether oxygens (including phenoxy) is 1. The van der Waals surface area contributed by atoms with E-state index in [4.69, 9.17) is 4.74 Å². The summed E-state index contributed by atoms with van der Waals surface area (Å²) in [6, 6.07) is 3.32. The van der Waals surface area contributed by atoms with Crippen molar-refractivity contribution in [3.05, 3.63) is 30.1 Å². The van der Waals surface area contributed by atoms with E-state index in [1.54, 1.807) is 18.5 Å². The van der Waals surface area contributed by atoms with Gasteiger partial charge in [-0.05, 0) is 11.6 Å². The first kappa shape index (κ1) is 16.9. The van der Waals surface area contributed by atoms with Crippen LogP contribution < -0.4 is 5.32 Å². The average Bonchev–Trinajstić information content (AvgIpc) is 2.86. The van der Waals surface area contributed by atoms with Gasteiger partial charge in [0, 0.05) is 32.4 Å². The molecule has 1 aliphatic heterocycles. The van der Waals surface area contributed by atoms with Crippen molar-refractivity contribution in [2.45, 2.75) is 12.5 Å². The predicted octanol–water partition coefficient (Wildman–Crippen LogP) is -0.353. The van der Waals surface area contributed by atoms with E-state index < -0.39 is 10.0 Å². The smallest absolute Gasteiger partial charge is 0.224 e. The molecule has 0 unspecified atom stereocenters. The van der Waals surface area contributed by atoms with Crippen LogP contribution >= 0.6 is 0 Å². The number of sulfonamides is 1. The minimum absolute atomic E-state index is 0.0299. The van der Waals surface area contributed by atoms with Crippen molar-refractivity contribution in [3.8, 4) is 0 Å². The third-order valence-electron chi connectivity index (χ3n) is 3.61. The Morgan fingerprint density at radius 2 is 2.23 bits per heavy atom. The zero-order valence-electron chi connectivity index (χ0n) is 12.7. The predicted molar refractivity (Wildman–Crippen MR) is 81.7 cm³/mol. The maximum atomic E-state index is 12.1. The van der Waals surface area contributed by atoms with Gasteiger partial charge in [-0.1, -0.05) is 6.07 Å². The van der Waals surface area contributed by atoms with Gasteiger partial charge in [-0.15, -0.1) is 0 Å². The molecule has 1 aliphatic rings. The Balaban J connectivity index is 1.92. The second-order valence-electron chi connectivity index (χ2n) is 5.57. The van der Waals surface area contributed by atoms with Gasteiger partial charge in [0.15, 0.2) is 0 Å². The fourth-order valence-corrected chi connectivity index (χ4v) is 3.46. The van der Waals surface area contributed by atoms with E-state index in [1.165, 1.54) is 18.4 Å². The van der Waals surface area contributed by atoms with E-state index in [0.29, 0.717) is 13.2 Å². The molecular weight excluding hydrogens is 306 g/mol. The Morgan fingerprint density at radius 1 is 1.45 bits per heavy atom. The molecule has 1 aromatic heterocycles. The summed E-state index contributed by atoms with van der Waals surface area (Å²) in [5.41, 5.74) is 0.816. The Kier molecular flexibility index (Phi) is 5.49. The number of carbonyl (C=O) groups is 1. The molecule has 0 aliphatic carbocycles. The molecule has 8 heteroatoms. The van der Waals surface area contributed by atoms with Gasteiger partial charge in [0.1, 0.15) is 0 Å². The Hall–Kier alpha value is -1.51. The topological polar surface area (TPSA) is 88.6 Å². The summed E-state index contributed by atoms with van der Waals surface area (Å²) < 4.78 is 30.4. The number of aromatic nitrogens is 1. The maximum absolute atomic E-state index is 12.1. The van der Waals surface area contributed by atoms with Crippen molar-refractivity contribution in [1.82, 2.24) is 14.6 Å². The second-order valence-corrected chi connectivity index (χ2v) is 7.80. The summed E-state index contributed by atoms with van der Waals surface area (Å²) in [5.74, 6) is -0.418. The average molecular weight is 327 g/mol. The highest BCUT2D eigenvalue weighted by Crippen LogP contribution is 2.17. The fourth-order valence-electron chi connectivity index (χ4n) is 2.29. The highest BCUT2D eigenvalue weighted by Gasteiger charge is 2.34. The van der Waals surface area contributed by atoms with Crippen molar-refractivity contribution in [2.75, 3.05) is 33.1 Å². The lowest BCUT2D eigenvalue weighted by atomic mass is 10.1. The number of hydrogen-bond acceptors (Lipinski definition) is 5. The Morgan fingerprint density at radius 3 is 2.86 bits per heavy atom. The van der Waals surface area contributed by atoms with Gasteiger partial charge >= 0.3 is 0 Å². The number of amides is 1. The van der Waals surface area contributed by atoms with Gasteiger partial charge in [0.05, 0.1) is 31.4 Å². The van der Waals surface area contributed by atoms with E-state index in [2.05, 4.69) is 10.3 Å². The first-order valence-corrected chi connectivity index (χ1v) is 8.65. The molecule has 1 aromatic rings. The standard InChI is InChI=1S/C14H21N3O4S/c1-17(2)22(19,20)10-12-8-21-9-13(12)16-14(18)6-11-4-3-5-15-7-11/h3-5,7,12-13H,6,8-10H2,1-2H3,(H,16,18)/t12-,13-/m0/s1. The molecule has 22 heavy (non-hydrogen) atoms. The molecular formula is C14H21N3O4S. The van der Waals surface area contributed by atoms with Gasteiger partial charge in [-0.25, -0.2) is 12.7 Å². The molecule has 1 saturated heterocycles. The third-order valence-corrected chi connectivity index (χ3v) is 5.58. The number of pyridine rings is 1. The van der Waals surface area contributed by atoms with Crippen LogP contribution in [-0.2, 0) is 26.0 Å². The molecule has 122 valence electrons. The summed E-state index contributed by atoms with van der Waals surface area (Å²) in [4.78, 5) is 16.0. The molecule has 0 radical (unpaired) electrons. The van der Waals surface area contributed by atoms with Crippen LogP contribution in [0.2, 0.25) is 0 Å². The summed E-state index contributed by atoms with van der Waals surface area (Å²) in [6.07, 6.45) is 3.50. The summed E-state index contributed by atoms with van der Waals surface area (Å²) in [7, 11) is -0.315. The molecule has 2 rings (SSSR count). The van der Waals surface area contributed by atoms with Gasteiger partial charge in [0.2, 0.25) is 15.9 Å². The van der Waals surface area contributed by atoms with Crippen LogP contribution in [0.25, 0.3) is 0 Å². The quantitative estimate of drug-likeness (QED) is 0.771. The molecule has 1 amide bonds.